The van der Waals surface area contributed by atoms with Crippen LogP contribution < -0.4 is 5.32 Å². The molecule has 43 heavy (non-hydrogen) atoms. The van der Waals surface area contributed by atoms with Gasteiger partial charge in [-0.15, -0.1) is 10.2 Å². The lowest BCUT2D eigenvalue weighted by Crippen LogP contribution is -2.52. The van der Waals surface area contributed by atoms with Gasteiger partial charge in [0.1, 0.15) is 5.66 Å². The fourth-order valence-corrected chi connectivity index (χ4v) is 7.07. The van der Waals surface area contributed by atoms with Crippen LogP contribution in [0.5, 0.6) is 0 Å². The van der Waals surface area contributed by atoms with Crippen molar-refractivity contribution in [3.8, 4) is 0 Å². The number of nitrogens with zero attached hydrogens (tertiary/aromatic N) is 6. The summed E-state index contributed by atoms with van der Waals surface area (Å²) < 4.78 is 0. The van der Waals surface area contributed by atoms with Gasteiger partial charge in [0, 0.05) is 18.7 Å². The van der Waals surface area contributed by atoms with Gasteiger partial charge in [-0.25, -0.2) is 4.99 Å². The van der Waals surface area contributed by atoms with Gasteiger partial charge >= 0.3 is 0 Å². The fraction of sp³-hybridized carbons (Fsp3) is 0.697. The van der Waals surface area contributed by atoms with Crippen molar-refractivity contribution in [2.24, 2.45) is 21.7 Å². The molecule has 0 unspecified atom stereocenters. The zero-order valence-electron chi connectivity index (χ0n) is 26.9. The van der Waals surface area contributed by atoms with Crippen LogP contribution in [0.2, 0.25) is 0 Å². The third-order valence-corrected chi connectivity index (χ3v) is 10.1. The van der Waals surface area contributed by atoms with E-state index in [0.717, 1.165) is 76.4 Å². The molecule has 10 heteroatoms. The Morgan fingerprint density at radius 1 is 1.09 bits per heavy atom. The average molecular weight is 591 g/mol. The lowest BCUT2D eigenvalue weighted by atomic mass is 9.69. The third kappa shape index (κ3) is 6.78. The summed E-state index contributed by atoms with van der Waals surface area (Å²) >= 11 is 0. The van der Waals surface area contributed by atoms with Crippen molar-refractivity contribution in [3.05, 3.63) is 41.2 Å². The van der Waals surface area contributed by atoms with Gasteiger partial charge < -0.3 is 15.1 Å². The van der Waals surface area contributed by atoms with Crippen molar-refractivity contribution in [2.75, 3.05) is 13.1 Å². The number of aromatic amines is 1. The van der Waals surface area contributed by atoms with Gasteiger partial charge in [0.25, 0.3) is 11.8 Å². The predicted molar refractivity (Wildman–Crippen MR) is 167 cm³/mol. The number of aromatic nitrogens is 4. The summed E-state index contributed by atoms with van der Waals surface area (Å²) in [4.78, 5) is 37.2. The van der Waals surface area contributed by atoms with E-state index < -0.39 is 5.66 Å². The van der Waals surface area contributed by atoms with E-state index in [1.54, 1.807) is 0 Å². The van der Waals surface area contributed by atoms with E-state index in [2.05, 4.69) is 77.3 Å². The molecule has 1 aliphatic carbocycles. The molecule has 2 aliphatic heterocycles. The van der Waals surface area contributed by atoms with Crippen LogP contribution in [0, 0.1) is 16.7 Å². The van der Waals surface area contributed by atoms with Crippen LogP contribution in [0.3, 0.4) is 0 Å². The minimum atomic E-state index is -0.514. The number of aliphatic imine (C=N–C) groups is 1. The minimum Gasteiger partial charge on any atom is -0.352 e. The zero-order chi connectivity index (χ0) is 30.8. The molecule has 1 aromatic carbocycles. The first-order valence-electron chi connectivity index (χ1n) is 16.2. The summed E-state index contributed by atoms with van der Waals surface area (Å²) in [6.45, 7) is 15.8. The maximum Gasteiger partial charge on any atom is 0.291 e. The Morgan fingerprint density at radius 2 is 1.77 bits per heavy atom. The first-order valence-corrected chi connectivity index (χ1v) is 16.2. The molecule has 1 spiro atoms. The first kappa shape index (κ1) is 31.1. The second kappa shape index (κ2) is 12.4. The van der Waals surface area contributed by atoms with E-state index in [1.807, 2.05) is 24.3 Å². The quantitative estimate of drug-likeness (QED) is 0.410. The summed E-state index contributed by atoms with van der Waals surface area (Å²) in [6.07, 6.45) is 8.96. The molecule has 5 rings (SSSR count). The Labute approximate surface area is 256 Å². The number of unbranched alkanes of at least 4 members (excludes halogenated alkanes) is 1. The van der Waals surface area contributed by atoms with Crippen LogP contribution in [0.25, 0.3) is 0 Å². The molecule has 1 saturated carbocycles. The number of carbonyl (C=O) groups excluding carboxylic acids is 2. The van der Waals surface area contributed by atoms with Crippen molar-refractivity contribution in [2.45, 2.75) is 118 Å². The number of piperidine rings is 1. The molecule has 1 atom stereocenters. The summed E-state index contributed by atoms with van der Waals surface area (Å²) in [5, 5.41) is 16.6. The Bertz CT molecular complexity index is 1280. The number of carbonyl (C=O) groups is 2. The number of H-pyrrole nitrogens is 1. The van der Waals surface area contributed by atoms with E-state index in [0.29, 0.717) is 28.6 Å². The number of amidine groups is 1. The molecule has 2 N–H and O–H groups in total. The van der Waals surface area contributed by atoms with Gasteiger partial charge in [-0.3, -0.25) is 9.59 Å². The van der Waals surface area contributed by atoms with Crippen LogP contribution in [0.4, 0.5) is 0 Å². The lowest BCUT2D eigenvalue weighted by molar-refractivity contribution is -0.134. The summed E-state index contributed by atoms with van der Waals surface area (Å²) in [5.41, 5.74) is 1.64. The molecule has 0 radical (unpaired) electrons. The van der Waals surface area contributed by atoms with Gasteiger partial charge in [0.05, 0.1) is 12.6 Å². The second-order valence-electron chi connectivity index (χ2n) is 14.7. The number of benzene rings is 1. The Morgan fingerprint density at radius 3 is 2.35 bits per heavy atom. The number of nitrogens with one attached hydrogen (secondary N) is 2. The molecule has 234 valence electrons. The van der Waals surface area contributed by atoms with E-state index in [1.165, 1.54) is 0 Å². The van der Waals surface area contributed by atoms with Crippen LogP contribution in [-0.2, 0) is 11.3 Å². The lowest BCUT2D eigenvalue weighted by Gasteiger charge is -2.47. The second-order valence-corrected chi connectivity index (χ2v) is 14.7. The molecule has 10 nitrogen and oxygen atoms in total. The number of hydrogen-bond acceptors (Lipinski definition) is 7. The van der Waals surface area contributed by atoms with Crippen molar-refractivity contribution >= 4 is 17.6 Å². The zero-order valence-corrected chi connectivity index (χ0v) is 26.9. The summed E-state index contributed by atoms with van der Waals surface area (Å²) in [6, 6.07) is 7.66. The SMILES string of the molecule is CCCC[C@H](c1ccc(C(=O)NCc2nn[nH]n2)cc1)N1C(=O)C(N2CCC(C)(C)CC2)=NC12CCC(C(C)(C)C)CC2. The van der Waals surface area contributed by atoms with E-state index >= 15 is 0 Å². The number of tetrazole rings is 1. The van der Waals surface area contributed by atoms with Crippen molar-refractivity contribution in [1.82, 2.24) is 35.7 Å². The Balaban J connectivity index is 1.42. The van der Waals surface area contributed by atoms with Crippen molar-refractivity contribution in [3.63, 3.8) is 0 Å². The van der Waals surface area contributed by atoms with Crippen LogP contribution in [0.1, 0.15) is 127 Å². The number of amides is 2. The monoisotopic (exact) mass is 590 g/mol. The number of hydrogen-bond donors (Lipinski definition) is 2. The van der Waals surface area contributed by atoms with E-state index in [-0.39, 0.29) is 29.8 Å². The maximum absolute atomic E-state index is 14.5. The van der Waals surface area contributed by atoms with Crippen molar-refractivity contribution in [1.29, 1.82) is 0 Å². The minimum absolute atomic E-state index is 0.0805. The molecule has 2 amide bonds. The third-order valence-electron chi connectivity index (χ3n) is 10.1. The van der Waals surface area contributed by atoms with Crippen LogP contribution in [-0.4, -0.2) is 66.8 Å². The molecule has 3 aliphatic rings. The smallest absolute Gasteiger partial charge is 0.291 e. The van der Waals surface area contributed by atoms with E-state index in [9.17, 15) is 9.59 Å². The fourth-order valence-electron chi connectivity index (χ4n) is 7.07. The molecule has 3 heterocycles. The highest BCUT2D eigenvalue weighted by atomic mass is 16.2. The normalized spacial score (nSPS) is 24.7. The van der Waals surface area contributed by atoms with Crippen LogP contribution >= 0.6 is 0 Å². The van der Waals surface area contributed by atoms with Crippen LogP contribution in [0.15, 0.2) is 29.3 Å². The van der Waals surface area contributed by atoms with Gasteiger partial charge in [0.15, 0.2) is 11.7 Å². The molecule has 2 fully saturated rings. The summed E-state index contributed by atoms with van der Waals surface area (Å²) in [5.74, 6) is 1.59. The van der Waals surface area contributed by atoms with Gasteiger partial charge in [-0.1, -0.05) is 71.7 Å². The predicted octanol–water partition coefficient (Wildman–Crippen LogP) is 5.66. The molecule has 1 saturated heterocycles. The molecule has 2 aromatic rings. The molecular weight excluding hydrogens is 540 g/mol. The topological polar surface area (TPSA) is 119 Å². The standard InChI is InChI=1S/C33H50N8O2/c1-7-8-9-26(23-10-12-24(13-11-23)29(42)34-22-27-36-38-39-37-27)41-30(43)28(40-20-18-32(5,6)19-21-40)35-33(41)16-14-25(15-17-33)31(2,3)4/h10-13,25-26H,7-9,14-22H2,1-6H3,(H,34,42)(H,36,37,38,39)/t25?,26-,33?/m1/s1. The molecular formula is C33H50N8O2. The van der Waals surface area contributed by atoms with Gasteiger partial charge in [0.2, 0.25) is 0 Å². The largest absolute Gasteiger partial charge is 0.352 e. The highest BCUT2D eigenvalue weighted by molar-refractivity contribution is 6.39. The highest BCUT2D eigenvalue weighted by Gasteiger charge is 2.53. The first-order chi connectivity index (χ1) is 20.4. The number of likely N-dealkylation sites (tertiary alicyclic amines) is 1. The van der Waals surface area contributed by atoms with Gasteiger partial charge in [-0.05, 0) is 79.4 Å². The maximum atomic E-state index is 14.5. The average Bonchev–Trinajstić information content (AvgIpc) is 3.59. The van der Waals surface area contributed by atoms with Crippen molar-refractivity contribution < 1.29 is 9.59 Å². The molecule has 1 aromatic heterocycles. The Kier molecular flexibility index (Phi) is 8.95. The summed E-state index contributed by atoms with van der Waals surface area (Å²) in [7, 11) is 0. The highest BCUT2D eigenvalue weighted by Crippen LogP contribution is 2.50. The van der Waals surface area contributed by atoms with E-state index in [4.69, 9.17) is 4.99 Å². The Hall–Kier alpha value is -3.30. The number of rotatable bonds is 8. The molecule has 0 bridgehead atoms. The van der Waals surface area contributed by atoms with Gasteiger partial charge in [-0.2, -0.15) is 5.21 Å².